The minimum atomic E-state index is -0.562. The van der Waals surface area contributed by atoms with Gasteiger partial charge in [-0.05, 0) is 6.92 Å². The molecular weight excluding hydrogens is 254 g/mol. The molecule has 98 valence electrons. The van der Waals surface area contributed by atoms with Crippen LogP contribution in [0.15, 0.2) is 10.9 Å². The number of carbonyl (C=O) groups excluding carboxylic acids is 2. The van der Waals surface area contributed by atoms with Crippen molar-refractivity contribution in [2.75, 3.05) is 26.2 Å². The first-order valence-electron chi connectivity index (χ1n) is 5.80. The van der Waals surface area contributed by atoms with Crippen molar-refractivity contribution in [3.05, 3.63) is 16.6 Å². The highest BCUT2D eigenvalue weighted by atomic mass is 32.1. The van der Waals surface area contributed by atoms with Crippen LogP contribution in [-0.2, 0) is 9.53 Å². The summed E-state index contributed by atoms with van der Waals surface area (Å²) in [5.74, 6) is -0.580. The number of nitrogens with zero attached hydrogens (tertiary/aromatic N) is 2. The van der Waals surface area contributed by atoms with Gasteiger partial charge in [0.15, 0.2) is 0 Å². The molecule has 1 aromatic heterocycles. The summed E-state index contributed by atoms with van der Waals surface area (Å²) in [4.78, 5) is 29.5. The van der Waals surface area contributed by atoms with E-state index in [0.29, 0.717) is 31.9 Å². The van der Waals surface area contributed by atoms with Crippen molar-refractivity contribution >= 4 is 23.2 Å². The number of hydrogen-bond donors (Lipinski definition) is 1. The fraction of sp³-hybridized carbons (Fsp3) is 0.545. The Kier molecular flexibility index (Phi) is 4.27. The molecule has 2 rings (SSSR count). The van der Waals surface area contributed by atoms with Crippen LogP contribution >= 0.6 is 11.3 Å². The second-order valence-corrected chi connectivity index (χ2v) is 4.56. The Labute approximate surface area is 109 Å². The van der Waals surface area contributed by atoms with Crippen molar-refractivity contribution in [2.45, 2.75) is 13.0 Å². The first-order valence-corrected chi connectivity index (χ1v) is 6.74. The van der Waals surface area contributed by atoms with Gasteiger partial charge in [0.05, 0.1) is 12.1 Å². The first kappa shape index (κ1) is 13.0. The van der Waals surface area contributed by atoms with Gasteiger partial charge in [0, 0.05) is 25.0 Å². The number of amides is 1. The molecule has 1 aromatic rings. The van der Waals surface area contributed by atoms with Gasteiger partial charge in [-0.25, -0.2) is 9.78 Å². The van der Waals surface area contributed by atoms with Crippen molar-refractivity contribution in [3.63, 3.8) is 0 Å². The molecule has 1 aliphatic heterocycles. The Bertz CT molecular complexity index is 421. The number of nitrogens with one attached hydrogen (secondary N) is 1. The monoisotopic (exact) mass is 269 g/mol. The van der Waals surface area contributed by atoms with Crippen LogP contribution in [0.4, 0.5) is 0 Å². The molecule has 0 aliphatic carbocycles. The molecule has 18 heavy (non-hydrogen) atoms. The third-order valence-electron chi connectivity index (χ3n) is 2.71. The van der Waals surface area contributed by atoms with Crippen LogP contribution in [-0.4, -0.2) is 54.0 Å². The summed E-state index contributed by atoms with van der Waals surface area (Å²) in [5, 5.41) is 4.78. The summed E-state index contributed by atoms with van der Waals surface area (Å²) < 4.78 is 4.99. The molecule has 6 nitrogen and oxygen atoms in total. The van der Waals surface area contributed by atoms with E-state index in [9.17, 15) is 9.59 Å². The van der Waals surface area contributed by atoms with Gasteiger partial charge in [-0.2, -0.15) is 0 Å². The lowest BCUT2D eigenvalue weighted by Crippen LogP contribution is -2.57. The normalized spacial score (nSPS) is 19.6. The van der Waals surface area contributed by atoms with E-state index in [1.54, 1.807) is 17.8 Å². The van der Waals surface area contributed by atoms with E-state index in [4.69, 9.17) is 4.74 Å². The van der Waals surface area contributed by atoms with E-state index < -0.39 is 6.04 Å². The molecule has 0 aromatic carbocycles. The molecule has 0 saturated carbocycles. The molecule has 7 heteroatoms. The molecule has 1 fully saturated rings. The highest BCUT2D eigenvalue weighted by molar-refractivity contribution is 7.07. The van der Waals surface area contributed by atoms with Gasteiger partial charge in [-0.3, -0.25) is 4.79 Å². The predicted molar refractivity (Wildman–Crippen MR) is 66.4 cm³/mol. The third-order valence-corrected chi connectivity index (χ3v) is 3.30. The maximum atomic E-state index is 12.2. The number of thiazole rings is 1. The van der Waals surface area contributed by atoms with Gasteiger partial charge in [0.25, 0.3) is 5.91 Å². The van der Waals surface area contributed by atoms with Gasteiger partial charge in [0.2, 0.25) is 0 Å². The Morgan fingerprint density at radius 3 is 3.17 bits per heavy atom. The van der Waals surface area contributed by atoms with Crippen LogP contribution in [0, 0.1) is 0 Å². The number of hydrogen-bond acceptors (Lipinski definition) is 6. The molecular formula is C11H15N3O3S. The van der Waals surface area contributed by atoms with Gasteiger partial charge < -0.3 is 15.0 Å². The van der Waals surface area contributed by atoms with Gasteiger partial charge in [-0.15, -0.1) is 11.3 Å². The first-order chi connectivity index (χ1) is 8.74. The predicted octanol–water partition coefficient (Wildman–Crippen LogP) is 0.120. The highest BCUT2D eigenvalue weighted by Gasteiger charge is 2.34. The molecule has 2 heterocycles. The fourth-order valence-electron chi connectivity index (χ4n) is 1.86. The molecule has 0 radical (unpaired) electrons. The Morgan fingerprint density at radius 1 is 1.67 bits per heavy atom. The number of piperazine rings is 1. The van der Waals surface area contributed by atoms with Crippen LogP contribution in [0.1, 0.15) is 17.4 Å². The van der Waals surface area contributed by atoms with Crippen LogP contribution < -0.4 is 5.32 Å². The maximum Gasteiger partial charge on any atom is 0.330 e. The van der Waals surface area contributed by atoms with Gasteiger partial charge in [-0.1, -0.05) is 0 Å². The molecule has 0 spiro atoms. The van der Waals surface area contributed by atoms with Crippen LogP contribution in [0.25, 0.3) is 0 Å². The maximum absolute atomic E-state index is 12.2. The molecule has 1 atom stereocenters. The fourth-order valence-corrected chi connectivity index (χ4v) is 2.39. The smallest absolute Gasteiger partial charge is 0.330 e. The van der Waals surface area contributed by atoms with E-state index in [2.05, 4.69) is 10.3 Å². The average Bonchev–Trinajstić information content (AvgIpc) is 2.92. The van der Waals surface area contributed by atoms with Crippen molar-refractivity contribution in [1.82, 2.24) is 15.2 Å². The zero-order valence-electron chi connectivity index (χ0n) is 10.1. The minimum Gasteiger partial charge on any atom is -0.464 e. The topological polar surface area (TPSA) is 71.5 Å². The molecule has 0 bridgehead atoms. The number of esters is 1. The van der Waals surface area contributed by atoms with E-state index in [0.717, 1.165) is 0 Å². The Hall–Kier alpha value is -1.47. The number of ether oxygens (including phenoxy) is 1. The number of aromatic nitrogens is 1. The van der Waals surface area contributed by atoms with Crippen LogP contribution in [0.5, 0.6) is 0 Å². The zero-order valence-corrected chi connectivity index (χ0v) is 10.9. The minimum absolute atomic E-state index is 0.212. The largest absolute Gasteiger partial charge is 0.464 e. The van der Waals surface area contributed by atoms with Crippen molar-refractivity contribution in [1.29, 1.82) is 0 Å². The van der Waals surface area contributed by atoms with E-state index in [-0.39, 0.29) is 11.9 Å². The Morgan fingerprint density at radius 2 is 2.50 bits per heavy atom. The molecule has 1 N–H and O–H groups in total. The van der Waals surface area contributed by atoms with Gasteiger partial charge in [0.1, 0.15) is 11.7 Å². The van der Waals surface area contributed by atoms with E-state index >= 15 is 0 Å². The quantitative estimate of drug-likeness (QED) is 0.789. The zero-order chi connectivity index (χ0) is 13.0. The van der Waals surface area contributed by atoms with E-state index in [1.165, 1.54) is 16.2 Å². The van der Waals surface area contributed by atoms with Crippen molar-refractivity contribution < 1.29 is 14.3 Å². The summed E-state index contributed by atoms with van der Waals surface area (Å²) in [7, 11) is 0. The molecule has 1 unspecified atom stereocenters. The highest BCUT2D eigenvalue weighted by Crippen LogP contribution is 2.12. The lowest BCUT2D eigenvalue weighted by molar-refractivity contribution is -0.149. The lowest BCUT2D eigenvalue weighted by atomic mass is 10.2. The summed E-state index contributed by atoms with van der Waals surface area (Å²) in [5.41, 5.74) is 1.99. The van der Waals surface area contributed by atoms with E-state index in [1.807, 2.05) is 0 Å². The SMILES string of the molecule is CCOC(=O)C1CNCCN1C(=O)c1cscn1. The molecule has 1 aliphatic rings. The Balaban J connectivity index is 2.12. The second kappa shape index (κ2) is 5.92. The summed E-state index contributed by atoms with van der Waals surface area (Å²) in [6.45, 7) is 3.65. The second-order valence-electron chi connectivity index (χ2n) is 3.84. The number of rotatable bonds is 3. The summed E-state index contributed by atoms with van der Waals surface area (Å²) in [6.07, 6.45) is 0. The average molecular weight is 269 g/mol. The summed E-state index contributed by atoms with van der Waals surface area (Å²) in [6, 6.07) is -0.562. The standard InChI is InChI=1S/C11H15N3O3S/c1-2-17-11(16)9-5-12-3-4-14(9)10(15)8-6-18-7-13-8/h6-7,9,12H,2-5H2,1H3. The van der Waals surface area contributed by atoms with Crippen molar-refractivity contribution in [2.24, 2.45) is 0 Å². The summed E-state index contributed by atoms with van der Waals surface area (Å²) >= 11 is 1.36. The number of carbonyl (C=O) groups is 2. The third kappa shape index (κ3) is 2.68. The van der Waals surface area contributed by atoms with Crippen LogP contribution in [0.3, 0.4) is 0 Å². The molecule has 1 amide bonds. The van der Waals surface area contributed by atoms with Crippen molar-refractivity contribution in [3.8, 4) is 0 Å². The van der Waals surface area contributed by atoms with Crippen LogP contribution in [0.2, 0.25) is 0 Å². The lowest BCUT2D eigenvalue weighted by Gasteiger charge is -2.33. The molecule has 1 saturated heterocycles. The van der Waals surface area contributed by atoms with Gasteiger partial charge >= 0.3 is 5.97 Å².